The van der Waals surface area contributed by atoms with Crippen LogP contribution in [0.5, 0.6) is 0 Å². The zero-order chi connectivity index (χ0) is 20.6. The number of hydrogen-bond donors (Lipinski definition) is 2. The number of carbonyl (C=O) groups is 2. The molecule has 0 spiro atoms. The number of guanidine groups is 1. The second kappa shape index (κ2) is 12.1. The molecule has 1 aromatic carbocycles. The summed E-state index contributed by atoms with van der Waals surface area (Å²) in [6.07, 6.45) is 5.31. The normalized spacial score (nSPS) is 19.3. The number of likely N-dealkylation sites (tertiary alicyclic amines) is 1. The zero-order valence-electron chi connectivity index (χ0n) is 18.0. The van der Waals surface area contributed by atoms with E-state index < -0.39 is 0 Å². The van der Waals surface area contributed by atoms with Gasteiger partial charge in [0.15, 0.2) is 5.96 Å². The van der Waals surface area contributed by atoms with E-state index in [0.29, 0.717) is 25.0 Å². The fourth-order valence-electron chi connectivity index (χ4n) is 3.93. The molecule has 1 atom stereocenters. The summed E-state index contributed by atoms with van der Waals surface area (Å²) in [6.45, 7) is 2.20. The Bertz CT molecular complexity index is 719. The lowest BCUT2D eigenvalue weighted by atomic mass is 10.1. The fourth-order valence-corrected chi connectivity index (χ4v) is 3.93. The molecule has 166 valence electrons. The van der Waals surface area contributed by atoms with Crippen molar-refractivity contribution in [2.75, 3.05) is 33.7 Å². The summed E-state index contributed by atoms with van der Waals surface area (Å²) >= 11 is 0. The van der Waals surface area contributed by atoms with E-state index in [1.807, 2.05) is 35.2 Å². The number of rotatable bonds is 6. The molecule has 2 fully saturated rings. The standard InChI is InChI=1S/C22H33N5O2.HI/c1-26(2)20(28)15-24-22(23-14-17-8-4-3-5-9-17)25-19-12-13-27(16-19)21(29)18-10-6-7-11-18;/h3-5,8-9,18-19H,6-7,10-16H2,1-2H3,(H2,23,24,25);1H. The van der Waals surface area contributed by atoms with Gasteiger partial charge in [-0.25, -0.2) is 4.99 Å². The van der Waals surface area contributed by atoms with Gasteiger partial charge in [0.05, 0.1) is 13.1 Å². The smallest absolute Gasteiger partial charge is 0.241 e. The number of aliphatic imine (C=N–C) groups is 1. The van der Waals surface area contributed by atoms with Crippen LogP contribution in [-0.2, 0) is 16.1 Å². The number of benzene rings is 1. The molecule has 1 aromatic rings. The van der Waals surface area contributed by atoms with Crippen molar-refractivity contribution < 1.29 is 9.59 Å². The minimum atomic E-state index is -0.0105. The maximum Gasteiger partial charge on any atom is 0.241 e. The summed E-state index contributed by atoms with van der Waals surface area (Å²) in [4.78, 5) is 32.9. The number of nitrogens with one attached hydrogen (secondary N) is 2. The van der Waals surface area contributed by atoms with Gasteiger partial charge in [0, 0.05) is 39.1 Å². The predicted octanol–water partition coefficient (Wildman–Crippen LogP) is 2.22. The maximum atomic E-state index is 12.7. The lowest BCUT2D eigenvalue weighted by Crippen LogP contribution is -2.48. The SMILES string of the molecule is CN(C)C(=O)CNC(=NCc1ccccc1)NC1CCN(C(=O)C2CCCC2)C1.I. The molecule has 2 amide bonds. The maximum absolute atomic E-state index is 12.7. The highest BCUT2D eigenvalue weighted by Gasteiger charge is 2.32. The molecular formula is C22H34IN5O2. The van der Waals surface area contributed by atoms with Crippen molar-refractivity contribution in [1.29, 1.82) is 0 Å². The van der Waals surface area contributed by atoms with E-state index in [1.54, 1.807) is 19.0 Å². The van der Waals surface area contributed by atoms with Gasteiger partial charge in [-0.1, -0.05) is 43.2 Å². The van der Waals surface area contributed by atoms with Crippen molar-refractivity contribution in [1.82, 2.24) is 20.4 Å². The van der Waals surface area contributed by atoms with E-state index >= 15 is 0 Å². The van der Waals surface area contributed by atoms with Gasteiger partial charge < -0.3 is 20.4 Å². The average Bonchev–Trinajstić information content (AvgIpc) is 3.42. The van der Waals surface area contributed by atoms with E-state index in [9.17, 15) is 9.59 Å². The van der Waals surface area contributed by atoms with E-state index in [0.717, 1.165) is 31.4 Å². The number of carbonyl (C=O) groups excluding carboxylic acids is 2. The molecule has 1 aliphatic heterocycles. The lowest BCUT2D eigenvalue weighted by Gasteiger charge is -2.22. The summed E-state index contributed by atoms with van der Waals surface area (Å²) in [5.41, 5.74) is 1.11. The van der Waals surface area contributed by atoms with Gasteiger partial charge in [-0.05, 0) is 24.8 Å². The topological polar surface area (TPSA) is 77.0 Å². The third-order valence-electron chi connectivity index (χ3n) is 5.71. The van der Waals surface area contributed by atoms with Gasteiger partial charge >= 0.3 is 0 Å². The van der Waals surface area contributed by atoms with Crippen LogP contribution in [0.25, 0.3) is 0 Å². The molecule has 2 aliphatic rings. The minimum Gasteiger partial charge on any atom is -0.352 e. The van der Waals surface area contributed by atoms with Crippen LogP contribution in [0.3, 0.4) is 0 Å². The molecule has 30 heavy (non-hydrogen) atoms. The second-order valence-electron chi connectivity index (χ2n) is 8.19. The van der Waals surface area contributed by atoms with Crippen molar-refractivity contribution in [3.05, 3.63) is 35.9 Å². The van der Waals surface area contributed by atoms with E-state index in [4.69, 9.17) is 0 Å². The molecule has 1 aliphatic carbocycles. The first kappa shape index (κ1) is 24.4. The number of amides is 2. The Morgan fingerprint density at radius 1 is 1.13 bits per heavy atom. The predicted molar refractivity (Wildman–Crippen MR) is 130 cm³/mol. The van der Waals surface area contributed by atoms with Crippen LogP contribution in [-0.4, -0.2) is 67.3 Å². The molecule has 1 heterocycles. The van der Waals surface area contributed by atoms with Crippen molar-refractivity contribution in [3.63, 3.8) is 0 Å². The molecule has 1 unspecified atom stereocenters. The van der Waals surface area contributed by atoms with Crippen LogP contribution in [0.15, 0.2) is 35.3 Å². The Hall–Kier alpha value is -1.84. The Labute approximate surface area is 196 Å². The summed E-state index contributed by atoms with van der Waals surface area (Å²) in [6, 6.07) is 10.2. The zero-order valence-corrected chi connectivity index (χ0v) is 20.3. The average molecular weight is 527 g/mol. The van der Waals surface area contributed by atoms with Gasteiger partial charge in [0.1, 0.15) is 0 Å². The molecule has 7 nitrogen and oxygen atoms in total. The lowest BCUT2D eigenvalue weighted by molar-refractivity contribution is -0.134. The molecular weight excluding hydrogens is 493 g/mol. The highest BCUT2D eigenvalue weighted by atomic mass is 127. The summed E-state index contributed by atoms with van der Waals surface area (Å²) in [5.74, 6) is 1.13. The van der Waals surface area contributed by atoms with E-state index in [2.05, 4.69) is 15.6 Å². The van der Waals surface area contributed by atoms with Crippen molar-refractivity contribution >= 4 is 41.8 Å². The van der Waals surface area contributed by atoms with Gasteiger partial charge in [-0.15, -0.1) is 24.0 Å². The van der Waals surface area contributed by atoms with Crippen molar-refractivity contribution in [2.45, 2.75) is 44.7 Å². The van der Waals surface area contributed by atoms with E-state index in [1.165, 1.54) is 12.8 Å². The number of halogens is 1. The molecule has 0 aromatic heterocycles. The third-order valence-corrected chi connectivity index (χ3v) is 5.71. The van der Waals surface area contributed by atoms with Crippen molar-refractivity contribution in [3.8, 4) is 0 Å². The first-order valence-corrected chi connectivity index (χ1v) is 10.6. The number of nitrogens with zero attached hydrogens (tertiary/aromatic N) is 3. The van der Waals surface area contributed by atoms with Crippen LogP contribution in [0.2, 0.25) is 0 Å². The first-order chi connectivity index (χ1) is 14.0. The molecule has 3 rings (SSSR count). The Kier molecular flexibility index (Phi) is 9.87. The van der Waals surface area contributed by atoms with Gasteiger partial charge in [-0.2, -0.15) is 0 Å². The summed E-state index contributed by atoms with van der Waals surface area (Å²) < 4.78 is 0. The Morgan fingerprint density at radius 3 is 2.50 bits per heavy atom. The van der Waals surface area contributed by atoms with Gasteiger partial charge in [0.2, 0.25) is 11.8 Å². The van der Waals surface area contributed by atoms with Gasteiger partial charge in [-0.3, -0.25) is 9.59 Å². The Morgan fingerprint density at radius 2 is 1.83 bits per heavy atom. The number of likely N-dealkylation sites (N-methyl/N-ethyl adjacent to an activating group) is 1. The molecule has 2 N–H and O–H groups in total. The summed E-state index contributed by atoms with van der Waals surface area (Å²) in [5, 5.41) is 6.57. The van der Waals surface area contributed by atoms with Crippen molar-refractivity contribution in [2.24, 2.45) is 10.9 Å². The monoisotopic (exact) mass is 527 g/mol. The molecule has 1 saturated carbocycles. The van der Waals surface area contributed by atoms with Crippen LogP contribution >= 0.6 is 24.0 Å². The Balaban J connectivity index is 0.00000320. The highest BCUT2D eigenvalue weighted by molar-refractivity contribution is 14.0. The largest absolute Gasteiger partial charge is 0.352 e. The molecule has 1 saturated heterocycles. The number of hydrogen-bond acceptors (Lipinski definition) is 3. The molecule has 0 radical (unpaired) electrons. The molecule has 0 bridgehead atoms. The summed E-state index contributed by atoms with van der Waals surface area (Å²) in [7, 11) is 3.48. The van der Waals surface area contributed by atoms with Gasteiger partial charge in [0.25, 0.3) is 0 Å². The van der Waals surface area contributed by atoms with Crippen LogP contribution in [0.1, 0.15) is 37.7 Å². The van der Waals surface area contributed by atoms with Crippen LogP contribution in [0.4, 0.5) is 0 Å². The second-order valence-corrected chi connectivity index (χ2v) is 8.19. The third kappa shape index (κ3) is 7.14. The minimum absolute atomic E-state index is 0. The highest BCUT2D eigenvalue weighted by Crippen LogP contribution is 2.27. The quantitative estimate of drug-likeness (QED) is 0.338. The van der Waals surface area contributed by atoms with E-state index in [-0.39, 0.29) is 48.4 Å². The first-order valence-electron chi connectivity index (χ1n) is 10.6. The fraction of sp³-hybridized carbons (Fsp3) is 0.591. The van der Waals surface area contributed by atoms with Crippen LogP contribution < -0.4 is 10.6 Å². The van der Waals surface area contributed by atoms with Crippen LogP contribution in [0, 0.1) is 5.92 Å². The molecule has 8 heteroatoms.